The molecule has 1 aliphatic heterocycles. The van der Waals surface area contributed by atoms with Gasteiger partial charge in [0.25, 0.3) is 0 Å². The minimum absolute atomic E-state index is 0.482. The van der Waals surface area contributed by atoms with Gasteiger partial charge in [0, 0.05) is 13.0 Å². The van der Waals surface area contributed by atoms with Gasteiger partial charge in [-0.1, -0.05) is 6.07 Å². The molecule has 0 saturated heterocycles. The number of fused-ring (bicyclic) bond motifs is 1. The monoisotopic (exact) mass is 260 g/mol. The van der Waals surface area contributed by atoms with Crippen LogP contribution in [0.2, 0.25) is 0 Å². The Morgan fingerprint density at radius 3 is 2.63 bits per heavy atom. The van der Waals surface area contributed by atoms with E-state index in [2.05, 4.69) is 6.07 Å². The average molecular weight is 260 g/mol. The zero-order chi connectivity index (χ0) is 13.9. The lowest BCUT2D eigenvalue weighted by Gasteiger charge is -2.29. The van der Waals surface area contributed by atoms with Crippen LogP contribution in [0.4, 0.5) is 0 Å². The van der Waals surface area contributed by atoms with Gasteiger partial charge in [0.2, 0.25) is 0 Å². The largest absolute Gasteiger partial charge is 0.490 e. The molecule has 0 saturated carbocycles. The highest BCUT2D eigenvalue weighted by molar-refractivity contribution is 5.43. The summed E-state index contributed by atoms with van der Waals surface area (Å²) in [5, 5.41) is 9.14. The second-order valence-electron chi connectivity index (χ2n) is 5.36. The van der Waals surface area contributed by atoms with Crippen LogP contribution in [0.5, 0.6) is 11.5 Å². The molecule has 0 amide bonds. The van der Waals surface area contributed by atoms with E-state index in [1.807, 2.05) is 44.0 Å². The van der Waals surface area contributed by atoms with Gasteiger partial charge in [-0.3, -0.25) is 4.90 Å². The molecule has 0 atom stereocenters. The van der Waals surface area contributed by atoms with Crippen molar-refractivity contribution in [2.75, 3.05) is 20.3 Å². The van der Waals surface area contributed by atoms with Gasteiger partial charge in [-0.05, 0) is 38.6 Å². The van der Waals surface area contributed by atoms with Gasteiger partial charge in [0.05, 0.1) is 19.3 Å². The average Bonchev–Trinajstić information content (AvgIpc) is 2.63. The van der Waals surface area contributed by atoms with E-state index in [0.29, 0.717) is 19.8 Å². The molecule has 1 aromatic rings. The minimum Gasteiger partial charge on any atom is -0.490 e. The molecule has 0 aromatic heterocycles. The van der Waals surface area contributed by atoms with Crippen molar-refractivity contribution in [1.29, 1.82) is 5.26 Å². The molecule has 0 unspecified atom stereocenters. The molecule has 0 N–H and O–H groups in total. The topological polar surface area (TPSA) is 45.5 Å². The highest BCUT2D eigenvalue weighted by Crippen LogP contribution is 2.31. The third kappa shape index (κ3) is 3.18. The van der Waals surface area contributed by atoms with Crippen molar-refractivity contribution in [2.24, 2.45) is 0 Å². The van der Waals surface area contributed by atoms with E-state index >= 15 is 0 Å². The van der Waals surface area contributed by atoms with Crippen LogP contribution in [-0.2, 0) is 6.54 Å². The van der Waals surface area contributed by atoms with Gasteiger partial charge in [0.15, 0.2) is 11.5 Å². The maximum Gasteiger partial charge on any atom is 0.161 e. The van der Waals surface area contributed by atoms with Crippen LogP contribution in [0.25, 0.3) is 0 Å². The van der Waals surface area contributed by atoms with Gasteiger partial charge in [-0.25, -0.2) is 0 Å². The van der Waals surface area contributed by atoms with Crippen molar-refractivity contribution in [2.45, 2.75) is 32.4 Å². The lowest BCUT2D eigenvalue weighted by molar-refractivity contribution is 0.202. The molecule has 1 aromatic carbocycles. The maximum atomic E-state index is 9.14. The second kappa shape index (κ2) is 5.50. The summed E-state index contributed by atoms with van der Waals surface area (Å²) in [5.74, 6) is 1.61. The van der Waals surface area contributed by atoms with Crippen molar-refractivity contribution in [3.05, 3.63) is 23.8 Å². The molecule has 1 aliphatic rings. The molecule has 0 radical (unpaired) electrons. The number of hydrogen-bond acceptors (Lipinski definition) is 4. The summed E-state index contributed by atoms with van der Waals surface area (Å²) < 4.78 is 11.3. The number of ether oxygens (including phenoxy) is 2. The Labute approximate surface area is 114 Å². The van der Waals surface area contributed by atoms with E-state index in [9.17, 15) is 0 Å². The molecular formula is C15H20N2O2. The Morgan fingerprint density at radius 1 is 1.26 bits per heavy atom. The van der Waals surface area contributed by atoms with E-state index in [0.717, 1.165) is 23.5 Å². The summed E-state index contributed by atoms with van der Waals surface area (Å²) in [5.41, 5.74) is 0.638. The fraction of sp³-hybridized carbons (Fsp3) is 0.533. The third-order valence-corrected chi connectivity index (χ3v) is 3.46. The Kier molecular flexibility index (Phi) is 3.96. The lowest BCUT2D eigenvalue weighted by atomic mass is 10.0. The summed E-state index contributed by atoms with van der Waals surface area (Å²) in [6, 6.07) is 8.28. The number of nitrogens with zero attached hydrogens (tertiary/aromatic N) is 2. The Hall–Kier alpha value is -1.73. The predicted octanol–water partition coefficient (Wildman–Crippen LogP) is 2.58. The molecule has 19 heavy (non-hydrogen) atoms. The number of rotatable bonds is 3. The van der Waals surface area contributed by atoms with Gasteiger partial charge in [-0.15, -0.1) is 0 Å². The Morgan fingerprint density at radius 2 is 1.95 bits per heavy atom. The van der Waals surface area contributed by atoms with Gasteiger partial charge in [-0.2, -0.15) is 5.26 Å². The van der Waals surface area contributed by atoms with Crippen molar-refractivity contribution in [1.82, 2.24) is 4.90 Å². The number of benzene rings is 1. The van der Waals surface area contributed by atoms with Crippen LogP contribution in [-0.4, -0.2) is 30.7 Å². The first-order valence-electron chi connectivity index (χ1n) is 6.54. The number of hydrogen-bond donors (Lipinski definition) is 0. The molecule has 1 heterocycles. The SMILES string of the molecule is CN(Cc1ccc2c(c1)OCCCO2)C(C)(C)C#N. The molecule has 4 heteroatoms. The molecular weight excluding hydrogens is 240 g/mol. The molecule has 0 spiro atoms. The van der Waals surface area contributed by atoms with Gasteiger partial charge < -0.3 is 9.47 Å². The van der Waals surface area contributed by atoms with Crippen molar-refractivity contribution in [3.8, 4) is 17.6 Å². The van der Waals surface area contributed by atoms with Crippen molar-refractivity contribution >= 4 is 0 Å². The van der Waals surface area contributed by atoms with Crippen molar-refractivity contribution in [3.63, 3.8) is 0 Å². The van der Waals surface area contributed by atoms with E-state index in [1.165, 1.54) is 0 Å². The van der Waals surface area contributed by atoms with E-state index in [1.54, 1.807) is 0 Å². The molecule has 0 fully saturated rings. The summed E-state index contributed by atoms with van der Waals surface area (Å²) in [6.45, 7) is 5.92. The zero-order valence-corrected chi connectivity index (χ0v) is 11.8. The standard InChI is InChI=1S/C15H20N2O2/c1-15(2,11-16)17(3)10-12-5-6-13-14(9-12)19-8-4-7-18-13/h5-6,9H,4,7-8,10H2,1-3H3. The first kappa shape index (κ1) is 13.7. The third-order valence-electron chi connectivity index (χ3n) is 3.46. The lowest BCUT2D eigenvalue weighted by Crippen LogP contribution is -2.38. The maximum absolute atomic E-state index is 9.14. The normalized spacial score (nSPS) is 14.9. The smallest absolute Gasteiger partial charge is 0.161 e. The fourth-order valence-electron chi connectivity index (χ4n) is 1.86. The molecule has 2 rings (SSSR count). The quantitative estimate of drug-likeness (QED) is 0.838. The van der Waals surface area contributed by atoms with Crippen LogP contribution < -0.4 is 9.47 Å². The Balaban J connectivity index is 2.14. The molecule has 4 nitrogen and oxygen atoms in total. The predicted molar refractivity (Wildman–Crippen MR) is 73.2 cm³/mol. The molecule has 0 bridgehead atoms. The highest BCUT2D eigenvalue weighted by atomic mass is 16.5. The van der Waals surface area contributed by atoms with Crippen LogP contribution >= 0.6 is 0 Å². The van der Waals surface area contributed by atoms with Gasteiger partial charge in [0.1, 0.15) is 5.54 Å². The minimum atomic E-state index is -0.482. The Bertz CT molecular complexity index is 491. The van der Waals surface area contributed by atoms with E-state index in [-0.39, 0.29) is 0 Å². The van der Waals surface area contributed by atoms with Gasteiger partial charge >= 0.3 is 0 Å². The van der Waals surface area contributed by atoms with Crippen LogP contribution in [0.15, 0.2) is 18.2 Å². The van der Waals surface area contributed by atoms with E-state index in [4.69, 9.17) is 14.7 Å². The first-order chi connectivity index (χ1) is 9.03. The second-order valence-corrected chi connectivity index (χ2v) is 5.36. The van der Waals surface area contributed by atoms with Crippen LogP contribution in [0, 0.1) is 11.3 Å². The first-order valence-corrected chi connectivity index (χ1v) is 6.54. The van der Waals surface area contributed by atoms with Crippen LogP contribution in [0.1, 0.15) is 25.8 Å². The summed E-state index contributed by atoms with van der Waals surface area (Å²) in [6.07, 6.45) is 0.908. The zero-order valence-electron chi connectivity index (χ0n) is 11.8. The fourth-order valence-corrected chi connectivity index (χ4v) is 1.86. The summed E-state index contributed by atoms with van der Waals surface area (Å²) in [7, 11) is 1.95. The molecule has 102 valence electrons. The van der Waals surface area contributed by atoms with Crippen molar-refractivity contribution < 1.29 is 9.47 Å². The number of nitriles is 1. The van der Waals surface area contributed by atoms with Crippen LogP contribution in [0.3, 0.4) is 0 Å². The summed E-state index contributed by atoms with van der Waals surface area (Å²) >= 11 is 0. The highest BCUT2D eigenvalue weighted by Gasteiger charge is 2.23. The summed E-state index contributed by atoms with van der Waals surface area (Å²) in [4.78, 5) is 2.02. The molecule has 0 aliphatic carbocycles. The van der Waals surface area contributed by atoms with E-state index < -0.39 is 5.54 Å².